The summed E-state index contributed by atoms with van der Waals surface area (Å²) in [6.07, 6.45) is 0.880. The van der Waals surface area contributed by atoms with Crippen LogP contribution in [0.5, 0.6) is 0 Å². The van der Waals surface area contributed by atoms with Crippen molar-refractivity contribution in [3.8, 4) is 0 Å². The number of nitrogens with one attached hydrogen (secondary N) is 2. The van der Waals surface area contributed by atoms with E-state index in [1.807, 2.05) is 11.8 Å². The Morgan fingerprint density at radius 1 is 1.75 bits per heavy atom. The van der Waals surface area contributed by atoms with Crippen LogP contribution in [0.15, 0.2) is 0 Å². The molecule has 2 aliphatic heterocycles. The molecule has 0 aliphatic carbocycles. The molecule has 2 atom stereocenters. The monoisotopic (exact) mass is 202 g/mol. The van der Waals surface area contributed by atoms with Gasteiger partial charge in [0, 0.05) is 5.25 Å². The van der Waals surface area contributed by atoms with E-state index in [1.54, 1.807) is 0 Å². The van der Waals surface area contributed by atoms with Crippen molar-refractivity contribution in [3.63, 3.8) is 0 Å². The molecule has 12 heavy (non-hydrogen) atoms. The second kappa shape index (κ2) is 2.60. The van der Waals surface area contributed by atoms with Gasteiger partial charge in [-0.15, -0.1) is 0 Å². The van der Waals surface area contributed by atoms with Gasteiger partial charge in [0.05, 0.1) is 0 Å². The molecule has 0 radical (unpaired) electrons. The van der Waals surface area contributed by atoms with Crippen LogP contribution >= 0.6 is 24.0 Å². The van der Waals surface area contributed by atoms with Gasteiger partial charge in [-0.25, -0.2) is 0 Å². The maximum Gasteiger partial charge on any atom is 0.253 e. The number of thiocarbonyl (C=S) groups is 1. The number of hydrogen-bond donors (Lipinski definition) is 2. The molecule has 0 bridgehead atoms. The van der Waals surface area contributed by atoms with E-state index >= 15 is 0 Å². The lowest BCUT2D eigenvalue weighted by Crippen LogP contribution is -2.51. The number of rotatable bonds is 0. The molecule has 2 aliphatic rings. The van der Waals surface area contributed by atoms with E-state index in [0.717, 1.165) is 12.2 Å². The number of amides is 1. The van der Waals surface area contributed by atoms with Crippen LogP contribution in [-0.4, -0.2) is 27.6 Å². The largest absolute Gasteiger partial charge is 0.347 e. The van der Waals surface area contributed by atoms with Crippen molar-refractivity contribution >= 4 is 35.0 Å². The van der Waals surface area contributed by atoms with E-state index in [0.29, 0.717) is 10.4 Å². The fourth-order valence-corrected chi connectivity index (χ4v) is 3.35. The van der Waals surface area contributed by atoms with Gasteiger partial charge in [0.25, 0.3) is 5.91 Å². The van der Waals surface area contributed by atoms with Crippen molar-refractivity contribution in [1.82, 2.24) is 10.6 Å². The van der Waals surface area contributed by atoms with Gasteiger partial charge in [-0.3, -0.25) is 4.79 Å². The molecule has 5 heteroatoms. The van der Waals surface area contributed by atoms with Crippen LogP contribution in [-0.2, 0) is 4.79 Å². The Labute approximate surface area is 80.7 Å². The van der Waals surface area contributed by atoms with Crippen LogP contribution < -0.4 is 10.6 Å². The summed E-state index contributed by atoms with van der Waals surface area (Å²) >= 11 is 6.72. The Hall–Kier alpha value is -0.290. The molecular weight excluding hydrogens is 192 g/mol. The smallest absolute Gasteiger partial charge is 0.253 e. The highest BCUT2D eigenvalue weighted by molar-refractivity contribution is 8.00. The lowest BCUT2D eigenvalue weighted by Gasteiger charge is -2.24. The van der Waals surface area contributed by atoms with E-state index in [1.165, 1.54) is 0 Å². The molecule has 2 unspecified atom stereocenters. The fraction of sp³-hybridized carbons (Fsp3) is 0.714. The van der Waals surface area contributed by atoms with E-state index < -0.39 is 5.54 Å². The third-order valence-electron chi connectivity index (χ3n) is 2.53. The summed E-state index contributed by atoms with van der Waals surface area (Å²) in [4.78, 5) is 11.5. The second-order valence-corrected chi connectivity index (χ2v) is 5.00. The standard InChI is InChI=1S/C7H10N2OS2/c1-4-7(2-3-12-4)5(10)8-6(11)9-7/h4H,2-3H2,1H3,(H2,8,9,10,11). The van der Waals surface area contributed by atoms with Gasteiger partial charge in [0.1, 0.15) is 5.54 Å². The molecule has 0 aromatic carbocycles. The zero-order chi connectivity index (χ0) is 8.77. The molecule has 2 saturated heterocycles. The van der Waals surface area contributed by atoms with Gasteiger partial charge in [-0.1, -0.05) is 6.92 Å². The van der Waals surface area contributed by atoms with Gasteiger partial charge >= 0.3 is 0 Å². The van der Waals surface area contributed by atoms with Gasteiger partial charge in [0.2, 0.25) is 0 Å². The van der Waals surface area contributed by atoms with E-state index in [-0.39, 0.29) is 5.91 Å². The Bertz CT molecular complexity index is 256. The van der Waals surface area contributed by atoms with Crippen molar-refractivity contribution in [2.75, 3.05) is 5.75 Å². The molecule has 0 aromatic rings. The van der Waals surface area contributed by atoms with E-state index in [2.05, 4.69) is 17.6 Å². The Morgan fingerprint density at radius 2 is 2.50 bits per heavy atom. The van der Waals surface area contributed by atoms with Crippen molar-refractivity contribution < 1.29 is 4.79 Å². The molecule has 3 nitrogen and oxygen atoms in total. The molecule has 0 aromatic heterocycles. The third-order valence-corrected chi connectivity index (χ3v) is 4.07. The van der Waals surface area contributed by atoms with Crippen LogP contribution in [0.3, 0.4) is 0 Å². The molecule has 2 fully saturated rings. The molecule has 2 N–H and O–H groups in total. The fourth-order valence-electron chi connectivity index (χ4n) is 1.71. The average Bonchev–Trinajstić information content (AvgIpc) is 2.44. The average molecular weight is 202 g/mol. The van der Waals surface area contributed by atoms with Crippen molar-refractivity contribution in [3.05, 3.63) is 0 Å². The Morgan fingerprint density at radius 3 is 2.92 bits per heavy atom. The topological polar surface area (TPSA) is 41.1 Å². The molecule has 1 spiro atoms. The summed E-state index contributed by atoms with van der Waals surface area (Å²) in [7, 11) is 0. The SMILES string of the molecule is CC1SCCC12NC(=S)NC2=O. The number of carbonyl (C=O) groups excluding carboxylic acids is 1. The van der Waals surface area contributed by atoms with Crippen LogP contribution in [0.2, 0.25) is 0 Å². The van der Waals surface area contributed by atoms with Gasteiger partial charge in [0.15, 0.2) is 5.11 Å². The zero-order valence-corrected chi connectivity index (χ0v) is 8.35. The second-order valence-electron chi connectivity index (χ2n) is 3.14. The summed E-state index contributed by atoms with van der Waals surface area (Å²) in [5.41, 5.74) is -0.401. The van der Waals surface area contributed by atoms with Crippen molar-refractivity contribution in [2.45, 2.75) is 24.1 Å². The highest BCUT2D eigenvalue weighted by Gasteiger charge is 2.51. The van der Waals surface area contributed by atoms with Gasteiger partial charge in [-0.2, -0.15) is 11.8 Å². The first-order valence-corrected chi connectivity index (χ1v) is 5.36. The number of thioether (sulfide) groups is 1. The normalized spacial score (nSPS) is 40.2. The molecule has 2 heterocycles. The molecule has 2 rings (SSSR count). The van der Waals surface area contributed by atoms with Gasteiger partial charge in [-0.05, 0) is 24.4 Å². The minimum Gasteiger partial charge on any atom is -0.347 e. The van der Waals surface area contributed by atoms with E-state index in [9.17, 15) is 4.79 Å². The number of carbonyl (C=O) groups is 1. The van der Waals surface area contributed by atoms with Crippen LogP contribution in [0.25, 0.3) is 0 Å². The van der Waals surface area contributed by atoms with Crippen LogP contribution in [0, 0.1) is 0 Å². The first-order valence-electron chi connectivity index (χ1n) is 3.90. The predicted molar refractivity (Wildman–Crippen MR) is 53.1 cm³/mol. The molecule has 1 amide bonds. The summed E-state index contributed by atoms with van der Waals surface area (Å²) in [6.45, 7) is 2.07. The van der Waals surface area contributed by atoms with Gasteiger partial charge < -0.3 is 10.6 Å². The van der Waals surface area contributed by atoms with Crippen molar-refractivity contribution in [1.29, 1.82) is 0 Å². The predicted octanol–water partition coefficient (Wildman–Crippen LogP) is 0.255. The zero-order valence-electron chi connectivity index (χ0n) is 6.72. The maximum absolute atomic E-state index is 11.5. The number of hydrogen-bond acceptors (Lipinski definition) is 3. The lowest BCUT2D eigenvalue weighted by molar-refractivity contribution is -0.123. The highest BCUT2D eigenvalue weighted by Crippen LogP contribution is 2.37. The Kier molecular flexibility index (Phi) is 1.80. The first kappa shape index (κ1) is 8.31. The highest BCUT2D eigenvalue weighted by atomic mass is 32.2. The molecule has 66 valence electrons. The van der Waals surface area contributed by atoms with Crippen LogP contribution in [0.1, 0.15) is 13.3 Å². The minimum atomic E-state index is -0.401. The summed E-state index contributed by atoms with van der Waals surface area (Å²) in [6, 6.07) is 0. The summed E-state index contributed by atoms with van der Waals surface area (Å²) < 4.78 is 0. The van der Waals surface area contributed by atoms with Crippen LogP contribution in [0.4, 0.5) is 0 Å². The minimum absolute atomic E-state index is 0.0463. The molecular formula is C7H10N2OS2. The lowest BCUT2D eigenvalue weighted by atomic mass is 9.93. The first-order chi connectivity index (χ1) is 5.65. The quantitative estimate of drug-likeness (QED) is 0.553. The van der Waals surface area contributed by atoms with Crippen molar-refractivity contribution in [2.24, 2.45) is 0 Å². The summed E-state index contributed by atoms with van der Waals surface area (Å²) in [5.74, 6) is 1.08. The molecule has 0 saturated carbocycles. The third kappa shape index (κ3) is 0.959. The summed E-state index contributed by atoms with van der Waals surface area (Å²) in [5, 5.41) is 6.53. The Balaban J connectivity index is 2.31. The van der Waals surface area contributed by atoms with E-state index in [4.69, 9.17) is 12.2 Å². The maximum atomic E-state index is 11.5.